The Kier molecular flexibility index (Phi) is 2.91. The summed E-state index contributed by atoms with van der Waals surface area (Å²) in [5, 5.41) is 8.24. The van der Waals surface area contributed by atoms with E-state index in [2.05, 4.69) is 31.0 Å². The maximum Gasteiger partial charge on any atom is 0.152 e. The molecule has 1 heterocycles. The van der Waals surface area contributed by atoms with Gasteiger partial charge in [0.1, 0.15) is 0 Å². The van der Waals surface area contributed by atoms with E-state index in [9.17, 15) is 0 Å². The van der Waals surface area contributed by atoms with Gasteiger partial charge in [0.05, 0.1) is 5.69 Å². The molecule has 13 heavy (non-hydrogen) atoms. The largest absolute Gasteiger partial charge is 0.154 e. The van der Waals surface area contributed by atoms with Crippen molar-refractivity contribution in [2.24, 2.45) is 5.41 Å². The number of nitrogens with zero attached hydrogens (tertiary/aromatic N) is 2. The Labute approximate surface area is 84.3 Å². The van der Waals surface area contributed by atoms with E-state index in [1.165, 1.54) is 5.56 Å². The van der Waals surface area contributed by atoms with Crippen LogP contribution in [0.15, 0.2) is 6.07 Å². The third-order valence-electron chi connectivity index (χ3n) is 1.77. The van der Waals surface area contributed by atoms with Crippen molar-refractivity contribution in [1.29, 1.82) is 0 Å². The van der Waals surface area contributed by atoms with Gasteiger partial charge in [0.2, 0.25) is 0 Å². The molecular formula is C10H15ClN2. The van der Waals surface area contributed by atoms with Crippen molar-refractivity contribution < 1.29 is 0 Å². The topological polar surface area (TPSA) is 25.8 Å². The number of halogens is 1. The van der Waals surface area contributed by atoms with Crippen molar-refractivity contribution in [2.45, 2.75) is 34.1 Å². The van der Waals surface area contributed by atoms with Crippen LogP contribution in [0.3, 0.4) is 0 Å². The predicted octanol–water partition coefficient (Wildman–Crippen LogP) is 3.03. The van der Waals surface area contributed by atoms with Crippen LogP contribution < -0.4 is 0 Å². The Morgan fingerprint density at radius 2 is 1.92 bits per heavy atom. The molecule has 0 aliphatic carbocycles. The number of hydrogen-bond donors (Lipinski definition) is 0. The van der Waals surface area contributed by atoms with E-state index in [0.29, 0.717) is 5.15 Å². The molecular weight excluding hydrogens is 184 g/mol. The summed E-state index contributed by atoms with van der Waals surface area (Å²) in [6.07, 6.45) is 0.980. The van der Waals surface area contributed by atoms with Gasteiger partial charge in [-0.1, -0.05) is 32.4 Å². The van der Waals surface area contributed by atoms with Crippen molar-refractivity contribution in [3.63, 3.8) is 0 Å². The second-order valence-corrected chi connectivity index (χ2v) is 4.90. The van der Waals surface area contributed by atoms with Crippen molar-refractivity contribution in [2.75, 3.05) is 0 Å². The second-order valence-electron chi connectivity index (χ2n) is 4.52. The molecule has 0 fully saturated rings. The van der Waals surface area contributed by atoms with Crippen LogP contribution in [0.4, 0.5) is 0 Å². The molecule has 0 saturated heterocycles. The van der Waals surface area contributed by atoms with E-state index in [4.69, 9.17) is 11.6 Å². The van der Waals surface area contributed by atoms with Gasteiger partial charge in [-0.05, 0) is 30.4 Å². The molecule has 0 saturated carbocycles. The lowest BCUT2D eigenvalue weighted by Gasteiger charge is -2.18. The first-order valence-corrected chi connectivity index (χ1v) is 4.75. The first-order valence-electron chi connectivity index (χ1n) is 4.37. The maximum atomic E-state index is 5.77. The van der Waals surface area contributed by atoms with Crippen molar-refractivity contribution in [3.05, 3.63) is 22.5 Å². The molecule has 0 radical (unpaired) electrons. The van der Waals surface area contributed by atoms with Gasteiger partial charge >= 0.3 is 0 Å². The van der Waals surface area contributed by atoms with Gasteiger partial charge in [-0.2, -0.15) is 5.10 Å². The van der Waals surface area contributed by atoms with E-state index in [1.54, 1.807) is 0 Å². The Bertz CT molecular complexity index is 302. The summed E-state index contributed by atoms with van der Waals surface area (Å²) in [6.45, 7) is 8.55. The van der Waals surface area contributed by atoms with Crippen LogP contribution in [0.25, 0.3) is 0 Å². The van der Waals surface area contributed by atoms with Crippen LogP contribution in [-0.4, -0.2) is 10.2 Å². The van der Waals surface area contributed by atoms with Crippen LogP contribution in [0.5, 0.6) is 0 Å². The van der Waals surface area contributed by atoms with Gasteiger partial charge in [0.25, 0.3) is 0 Å². The zero-order valence-electron chi connectivity index (χ0n) is 8.56. The molecule has 0 spiro atoms. The van der Waals surface area contributed by atoms with E-state index in [-0.39, 0.29) is 5.41 Å². The normalized spacial score (nSPS) is 11.8. The Morgan fingerprint density at radius 1 is 1.31 bits per heavy atom. The Hall–Kier alpha value is -0.630. The van der Waals surface area contributed by atoms with Crippen LogP contribution in [0.2, 0.25) is 5.15 Å². The summed E-state index contributed by atoms with van der Waals surface area (Å²) < 4.78 is 0. The van der Waals surface area contributed by atoms with E-state index < -0.39 is 0 Å². The van der Waals surface area contributed by atoms with Crippen LogP contribution in [0, 0.1) is 12.3 Å². The van der Waals surface area contributed by atoms with Gasteiger partial charge < -0.3 is 0 Å². The Morgan fingerprint density at radius 3 is 2.46 bits per heavy atom. The highest BCUT2D eigenvalue weighted by Crippen LogP contribution is 2.22. The standard InChI is InChI=1S/C10H15ClN2/c1-7-8(6-10(2,3)4)5-9(11)13-12-7/h5H,6H2,1-4H3. The average molecular weight is 199 g/mol. The summed E-state index contributed by atoms with van der Waals surface area (Å²) >= 11 is 5.77. The first kappa shape index (κ1) is 10.5. The molecule has 0 aromatic carbocycles. The minimum atomic E-state index is 0.261. The molecule has 1 aromatic rings. The van der Waals surface area contributed by atoms with E-state index in [1.807, 2.05) is 13.0 Å². The van der Waals surface area contributed by atoms with Crippen LogP contribution in [0.1, 0.15) is 32.0 Å². The molecule has 0 atom stereocenters. The Balaban J connectivity index is 2.94. The molecule has 3 heteroatoms. The molecule has 0 amide bonds. The number of aromatic nitrogens is 2. The molecule has 0 unspecified atom stereocenters. The molecule has 1 aromatic heterocycles. The molecule has 72 valence electrons. The average Bonchev–Trinajstić information content (AvgIpc) is 1.94. The summed E-state index contributed by atoms with van der Waals surface area (Å²) in [4.78, 5) is 0. The fourth-order valence-corrected chi connectivity index (χ4v) is 1.38. The maximum absolute atomic E-state index is 5.77. The van der Waals surface area contributed by atoms with Gasteiger partial charge in [-0.15, -0.1) is 5.10 Å². The lowest BCUT2D eigenvalue weighted by molar-refractivity contribution is 0.409. The highest BCUT2D eigenvalue weighted by molar-refractivity contribution is 6.29. The number of rotatable bonds is 1. The summed E-state index contributed by atoms with van der Waals surface area (Å²) in [5.74, 6) is 0. The third-order valence-corrected chi connectivity index (χ3v) is 1.96. The van der Waals surface area contributed by atoms with E-state index in [0.717, 1.165) is 12.1 Å². The molecule has 0 N–H and O–H groups in total. The second kappa shape index (κ2) is 3.62. The van der Waals surface area contributed by atoms with Gasteiger partial charge in [-0.3, -0.25) is 0 Å². The number of hydrogen-bond acceptors (Lipinski definition) is 2. The zero-order valence-corrected chi connectivity index (χ0v) is 9.31. The lowest BCUT2D eigenvalue weighted by Crippen LogP contribution is -2.11. The minimum Gasteiger partial charge on any atom is -0.154 e. The summed E-state index contributed by atoms with van der Waals surface area (Å²) in [6, 6.07) is 1.90. The molecule has 1 rings (SSSR count). The van der Waals surface area contributed by atoms with Crippen molar-refractivity contribution in [1.82, 2.24) is 10.2 Å². The van der Waals surface area contributed by atoms with Crippen LogP contribution in [-0.2, 0) is 6.42 Å². The first-order chi connectivity index (χ1) is 5.88. The van der Waals surface area contributed by atoms with Crippen LogP contribution >= 0.6 is 11.6 Å². The van der Waals surface area contributed by atoms with E-state index >= 15 is 0 Å². The molecule has 0 aliphatic rings. The zero-order chi connectivity index (χ0) is 10.1. The monoisotopic (exact) mass is 198 g/mol. The highest BCUT2D eigenvalue weighted by Gasteiger charge is 2.13. The quantitative estimate of drug-likeness (QED) is 0.693. The molecule has 2 nitrogen and oxygen atoms in total. The molecule has 0 bridgehead atoms. The minimum absolute atomic E-state index is 0.261. The third kappa shape index (κ3) is 3.31. The summed E-state index contributed by atoms with van der Waals surface area (Å²) in [5.41, 5.74) is 2.42. The predicted molar refractivity (Wildman–Crippen MR) is 54.9 cm³/mol. The van der Waals surface area contributed by atoms with Gasteiger partial charge in [0.15, 0.2) is 5.15 Å². The molecule has 0 aliphatic heterocycles. The van der Waals surface area contributed by atoms with Crippen molar-refractivity contribution >= 4 is 11.6 Å². The fourth-order valence-electron chi connectivity index (χ4n) is 1.21. The summed E-state index contributed by atoms with van der Waals surface area (Å²) in [7, 11) is 0. The highest BCUT2D eigenvalue weighted by atomic mass is 35.5. The number of aryl methyl sites for hydroxylation is 1. The fraction of sp³-hybridized carbons (Fsp3) is 0.600. The van der Waals surface area contributed by atoms with Crippen molar-refractivity contribution in [3.8, 4) is 0 Å². The van der Waals surface area contributed by atoms with Gasteiger partial charge in [-0.25, -0.2) is 0 Å². The van der Waals surface area contributed by atoms with Gasteiger partial charge in [0, 0.05) is 0 Å². The lowest BCUT2D eigenvalue weighted by atomic mass is 9.88. The SMILES string of the molecule is Cc1nnc(Cl)cc1CC(C)(C)C. The smallest absolute Gasteiger partial charge is 0.152 e.